The zero-order valence-electron chi connectivity index (χ0n) is 25.2. The van der Waals surface area contributed by atoms with Crippen molar-refractivity contribution in [2.24, 2.45) is 0 Å². The molecule has 0 saturated carbocycles. The van der Waals surface area contributed by atoms with Crippen LogP contribution in [0.3, 0.4) is 0 Å². The Morgan fingerprint density at radius 2 is 1.48 bits per heavy atom. The van der Waals surface area contributed by atoms with Gasteiger partial charge in [-0.25, -0.2) is 8.42 Å². The number of amides is 2. The van der Waals surface area contributed by atoms with Gasteiger partial charge >= 0.3 is 0 Å². The number of methoxy groups -OCH3 is 2. The van der Waals surface area contributed by atoms with Crippen molar-refractivity contribution >= 4 is 62.3 Å². The van der Waals surface area contributed by atoms with Gasteiger partial charge in [0, 0.05) is 31.1 Å². The molecule has 0 aliphatic carbocycles. The summed E-state index contributed by atoms with van der Waals surface area (Å²) in [5.41, 5.74) is 1.57. The number of hydrogen-bond acceptors (Lipinski definition) is 6. The summed E-state index contributed by atoms with van der Waals surface area (Å²) in [4.78, 5) is 29.0. The molecule has 0 bridgehead atoms. The average Bonchev–Trinajstić information content (AvgIpc) is 3.06. The van der Waals surface area contributed by atoms with Crippen LogP contribution < -0.4 is 19.1 Å². The largest absolute Gasteiger partial charge is 0.493 e. The van der Waals surface area contributed by atoms with Gasteiger partial charge in [-0.1, -0.05) is 71.2 Å². The van der Waals surface area contributed by atoms with Gasteiger partial charge in [0.25, 0.3) is 10.0 Å². The van der Waals surface area contributed by atoms with E-state index in [0.717, 1.165) is 9.87 Å². The molecule has 0 radical (unpaired) electrons. The van der Waals surface area contributed by atoms with E-state index in [0.29, 0.717) is 21.4 Å². The highest BCUT2D eigenvalue weighted by atomic mass is 35.5. The minimum Gasteiger partial charge on any atom is -0.493 e. The van der Waals surface area contributed by atoms with E-state index in [2.05, 4.69) is 5.32 Å². The minimum absolute atomic E-state index is 0.0640. The Morgan fingerprint density at radius 3 is 2.09 bits per heavy atom. The van der Waals surface area contributed by atoms with E-state index in [-0.39, 0.29) is 34.3 Å². The average molecular weight is 705 g/mol. The third-order valence-electron chi connectivity index (χ3n) is 7.19. The van der Waals surface area contributed by atoms with Crippen molar-refractivity contribution in [2.75, 3.05) is 32.1 Å². The summed E-state index contributed by atoms with van der Waals surface area (Å²) in [6.07, 6.45) is 0.164. The lowest BCUT2D eigenvalue weighted by Crippen LogP contribution is -2.53. The molecule has 0 unspecified atom stereocenters. The van der Waals surface area contributed by atoms with Crippen LogP contribution >= 0.6 is 34.8 Å². The summed E-state index contributed by atoms with van der Waals surface area (Å²) in [7, 11) is -0.0786. The smallest absolute Gasteiger partial charge is 0.264 e. The third kappa shape index (κ3) is 8.24. The molecule has 1 atom stereocenters. The van der Waals surface area contributed by atoms with Crippen LogP contribution in [0.2, 0.25) is 15.1 Å². The number of halogens is 3. The van der Waals surface area contributed by atoms with Gasteiger partial charge in [0.2, 0.25) is 11.8 Å². The number of nitrogens with zero attached hydrogens (tertiary/aromatic N) is 2. The first-order chi connectivity index (χ1) is 22.0. The van der Waals surface area contributed by atoms with Gasteiger partial charge < -0.3 is 19.7 Å². The standard InChI is InChI=1S/C33H32Cl3N3O6S/c1-37-33(41)29(18-22-7-5-4-6-8-22)38(20-23-9-15-27(35)28(36)17-23)32(40)21-39(25-12-10-24(34)11-13-25)46(42,43)26-14-16-30(44-2)31(19-26)45-3/h4-17,19,29H,18,20-21H2,1-3H3,(H,37,41)/t29-/m0/s1. The summed E-state index contributed by atoms with van der Waals surface area (Å²) in [6, 6.07) is 23.3. The Balaban J connectivity index is 1.82. The highest BCUT2D eigenvalue weighted by molar-refractivity contribution is 7.92. The molecule has 1 N–H and O–H groups in total. The monoisotopic (exact) mass is 703 g/mol. The molecule has 4 rings (SSSR count). The molecule has 0 aliphatic heterocycles. The van der Waals surface area contributed by atoms with Crippen LogP contribution in [0.4, 0.5) is 5.69 Å². The fourth-order valence-electron chi connectivity index (χ4n) is 4.80. The molecule has 0 heterocycles. The lowest BCUT2D eigenvalue weighted by atomic mass is 10.0. The number of ether oxygens (including phenoxy) is 2. The summed E-state index contributed by atoms with van der Waals surface area (Å²) in [5.74, 6) is -0.555. The first kappa shape index (κ1) is 34.9. The molecule has 0 spiro atoms. The van der Waals surface area contributed by atoms with E-state index in [1.807, 2.05) is 30.3 Å². The molecular formula is C33H32Cl3N3O6S. The topological polar surface area (TPSA) is 105 Å². The predicted molar refractivity (Wildman–Crippen MR) is 181 cm³/mol. The maximum absolute atomic E-state index is 14.4. The number of rotatable bonds is 13. The summed E-state index contributed by atoms with van der Waals surface area (Å²) in [6.45, 7) is -0.715. The highest BCUT2D eigenvalue weighted by Gasteiger charge is 2.34. The van der Waals surface area contributed by atoms with Gasteiger partial charge in [-0.3, -0.25) is 13.9 Å². The van der Waals surface area contributed by atoms with Crippen molar-refractivity contribution in [3.63, 3.8) is 0 Å². The van der Waals surface area contributed by atoms with Gasteiger partial charge in [0.15, 0.2) is 11.5 Å². The molecule has 0 aromatic heterocycles. The second kappa shape index (κ2) is 15.6. The van der Waals surface area contributed by atoms with Crippen molar-refractivity contribution < 1.29 is 27.5 Å². The Labute approximate surface area is 283 Å². The molecular weight excluding hydrogens is 673 g/mol. The van der Waals surface area contributed by atoms with Crippen molar-refractivity contribution in [3.05, 3.63) is 117 Å². The number of likely N-dealkylation sites (N-methyl/N-ethyl adjacent to an activating group) is 1. The van der Waals surface area contributed by atoms with E-state index in [9.17, 15) is 18.0 Å². The molecule has 46 heavy (non-hydrogen) atoms. The lowest BCUT2D eigenvalue weighted by Gasteiger charge is -2.33. The van der Waals surface area contributed by atoms with Crippen molar-refractivity contribution in [2.45, 2.75) is 23.9 Å². The second-order valence-corrected chi connectivity index (χ2v) is 13.2. The molecule has 0 saturated heterocycles. The van der Waals surface area contributed by atoms with Crippen LogP contribution in [0.1, 0.15) is 11.1 Å². The van der Waals surface area contributed by atoms with Crippen LogP contribution in [-0.4, -0.2) is 59.0 Å². The fraction of sp³-hybridized carbons (Fsp3) is 0.212. The van der Waals surface area contributed by atoms with Crippen LogP contribution in [-0.2, 0) is 32.6 Å². The van der Waals surface area contributed by atoms with Gasteiger partial charge in [-0.15, -0.1) is 0 Å². The molecule has 0 aliphatic rings. The third-order valence-corrected chi connectivity index (χ3v) is 9.95. The van der Waals surface area contributed by atoms with Gasteiger partial charge in [-0.2, -0.15) is 0 Å². The van der Waals surface area contributed by atoms with Crippen molar-refractivity contribution in [1.82, 2.24) is 10.2 Å². The van der Waals surface area contributed by atoms with Crippen LogP contribution in [0.15, 0.2) is 95.9 Å². The molecule has 4 aromatic carbocycles. The number of nitrogens with one attached hydrogen (secondary N) is 1. The van der Waals surface area contributed by atoms with E-state index in [1.54, 1.807) is 18.2 Å². The fourth-order valence-corrected chi connectivity index (χ4v) is 6.67. The number of anilines is 1. The normalized spacial score (nSPS) is 11.8. The Bertz CT molecular complexity index is 1790. The first-order valence-corrected chi connectivity index (χ1v) is 16.5. The maximum Gasteiger partial charge on any atom is 0.264 e. The van der Waals surface area contributed by atoms with E-state index < -0.39 is 34.4 Å². The highest BCUT2D eigenvalue weighted by Crippen LogP contribution is 2.33. The molecule has 9 nitrogen and oxygen atoms in total. The van der Waals surface area contributed by atoms with E-state index in [1.165, 1.54) is 68.6 Å². The number of carbonyl (C=O) groups excluding carboxylic acids is 2. The summed E-state index contributed by atoms with van der Waals surface area (Å²) in [5, 5.41) is 3.62. The van der Waals surface area contributed by atoms with Crippen LogP contribution in [0.25, 0.3) is 0 Å². The van der Waals surface area contributed by atoms with Gasteiger partial charge in [-0.05, 0) is 59.7 Å². The van der Waals surface area contributed by atoms with Gasteiger partial charge in [0.05, 0.1) is 34.8 Å². The Morgan fingerprint density at radius 1 is 0.804 bits per heavy atom. The van der Waals surface area contributed by atoms with Crippen molar-refractivity contribution in [3.8, 4) is 11.5 Å². The SMILES string of the molecule is CNC(=O)[C@H](Cc1ccccc1)N(Cc1ccc(Cl)c(Cl)c1)C(=O)CN(c1ccc(Cl)cc1)S(=O)(=O)c1ccc(OC)c(OC)c1. The van der Waals surface area contributed by atoms with Crippen molar-refractivity contribution in [1.29, 1.82) is 0 Å². The number of sulfonamides is 1. The predicted octanol–water partition coefficient (Wildman–Crippen LogP) is 6.25. The molecule has 0 fully saturated rings. The number of benzene rings is 4. The first-order valence-electron chi connectivity index (χ1n) is 14.0. The minimum atomic E-state index is -4.38. The summed E-state index contributed by atoms with van der Waals surface area (Å²) >= 11 is 18.6. The zero-order valence-corrected chi connectivity index (χ0v) is 28.3. The zero-order chi connectivity index (χ0) is 33.4. The lowest BCUT2D eigenvalue weighted by molar-refractivity contribution is -0.139. The van der Waals surface area contributed by atoms with Crippen LogP contribution in [0, 0.1) is 0 Å². The van der Waals surface area contributed by atoms with E-state index in [4.69, 9.17) is 44.3 Å². The molecule has 13 heteroatoms. The summed E-state index contributed by atoms with van der Waals surface area (Å²) < 4.78 is 40.1. The van der Waals surface area contributed by atoms with Gasteiger partial charge in [0.1, 0.15) is 12.6 Å². The van der Waals surface area contributed by atoms with Crippen LogP contribution in [0.5, 0.6) is 11.5 Å². The quantitative estimate of drug-likeness (QED) is 0.177. The molecule has 2 amide bonds. The Kier molecular flexibility index (Phi) is 11.8. The molecule has 242 valence electrons. The van der Waals surface area contributed by atoms with E-state index >= 15 is 0 Å². The Hall–Kier alpha value is -3.96. The second-order valence-electron chi connectivity index (χ2n) is 10.1. The number of carbonyl (C=O) groups is 2. The number of hydrogen-bond donors (Lipinski definition) is 1. The maximum atomic E-state index is 14.4. The molecule has 4 aromatic rings.